The van der Waals surface area contributed by atoms with E-state index in [0.717, 1.165) is 18.1 Å². The molecule has 0 aliphatic heterocycles. The predicted octanol–water partition coefficient (Wildman–Crippen LogP) is 1.97. The number of aromatic nitrogens is 5. The first kappa shape index (κ1) is 13.6. The molecule has 8 heteroatoms. The van der Waals surface area contributed by atoms with Gasteiger partial charge in [-0.2, -0.15) is 15.0 Å². The maximum Gasteiger partial charge on any atom is 0.322 e. The minimum absolute atomic E-state index is 0.335. The Hall–Kier alpha value is -1.83. The number of imidazole rings is 1. The largest absolute Gasteiger partial charge is 0.463 e. The second-order valence-corrected chi connectivity index (χ2v) is 4.56. The molecule has 2 rings (SSSR count). The van der Waals surface area contributed by atoms with Crippen molar-refractivity contribution in [3.63, 3.8) is 0 Å². The number of anilines is 1. The highest BCUT2D eigenvalue weighted by Crippen LogP contribution is 2.23. The SMILES string of the molecule is CCCOc1nc(NCC)nc(Sc2ncc[nH]2)n1. The van der Waals surface area contributed by atoms with Gasteiger partial charge in [-0.15, -0.1) is 0 Å². The molecule has 2 heterocycles. The standard InChI is InChI=1S/C11H16N6OS/c1-3-7-18-9-15-8(12-4-2)16-11(17-9)19-10-13-5-6-14-10/h5-6H,3-4,7H2,1-2H3,(H,13,14)(H,12,15,16,17). The topological polar surface area (TPSA) is 88.6 Å². The Morgan fingerprint density at radius 1 is 1.32 bits per heavy atom. The van der Waals surface area contributed by atoms with Gasteiger partial charge in [0.05, 0.1) is 6.61 Å². The third-order valence-electron chi connectivity index (χ3n) is 2.03. The van der Waals surface area contributed by atoms with Gasteiger partial charge in [-0.3, -0.25) is 0 Å². The van der Waals surface area contributed by atoms with Crippen LogP contribution in [0.15, 0.2) is 22.7 Å². The summed E-state index contributed by atoms with van der Waals surface area (Å²) in [6, 6.07) is 0.335. The molecule has 0 unspecified atom stereocenters. The van der Waals surface area contributed by atoms with Crippen molar-refractivity contribution >= 4 is 17.7 Å². The van der Waals surface area contributed by atoms with Gasteiger partial charge < -0.3 is 15.0 Å². The van der Waals surface area contributed by atoms with Crippen molar-refractivity contribution < 1.29 is 4.74 Å². The molecular weight excluding hydrogens is 264 g/mol. The molecule has 0 saturated heterocycles. The highest BCUT2D eigenvalue weighted by Gasteiger charge is 2.09. The Kier molecular flexibility index (Phi) is 4.96. The molecule has 0 bridgehead atoms. The maximum atomic E-state index is 5.46. The summed E-state index contributed by atoms with van der Waals surface area (Å²) in [5.74, 6) is 0.512. The van der Waals surface area contributed by atoms with Crippen molar-refractivity contribution in [1.29, 1.82) is 0 Å². The monoisotopic (exact) mass is 280 g/mol. The Bertz CT molecular complexity index is 504. The molecule has 0 aliphatic rings. The van der Waals surface area contributed by atoms with Crippen LogP contribution in [0.4, 0.5) is 5.95 Å². The lowest BCUT2D eigenvalue weighted by Crippen LogP contribution is -2.07. The zero-order chi connectivity index (χ0) is 13.5. The molecule has 0 amide bonds. The molecule has 2 aromatic rings. The van der Waals surface area contributed by atoms with Crippen molar-refractivity contribution in [3.05, 3.63) is 12.4 Å². The van der Waals surface area contributed by atoms with Crippen molar-refractivity contribution in [1.82, 2.24) is 24.9 Å². The minimum Gasteiger partial charge on any atom is -0.463 e. The quantitative estimate of drug-likeness (QED) is 0.801. The lowest BCUT2D eigenvalue weighted by molar-refractivity contribution is 0.288. The first-order chi connectivity index (χ1) is 9.31. The Morgan fingerprint density at radius 3 is 2.89 bits per heavy atom. The van der Waals surface area contributed by atoms with E-state index in [1.165, 1.54) is 11.8 Å². The van der Waals surface area contributed by atoms with Crippen molar-refractivity contribution in [3.8, 4) is 6.01 Å². The summed E-state index contributed by atoms with van der Waals surface area (Å²) in [5, 5.41) is 4.34. The number of aromatic amines is 1. The van der Waals surface area contributed by atoms with E-state index in [4.69, 9.17) is 4.74 Å². The van der Waals surface area contributed by atoms with Crippen LogP contribution in [0.3, 0.4) is 0 Å². The normalized spacial score (nSPS) is 10.4. The molecule has 0 fully saturated rings. The van der Waals surface area contributed by atoms with Gasteiger partial charge in [0.15, 0.2) is 5.16 Å². The summed E-state index contributed by atoms with van der Waals surface area (Å²) in [4.78, 5) is 19.8. The molecule has 0 atom stereocenters. The molecule has 2 N–H and O–H groups in total. The minimum atomic E-state index is 0.335. The number of hydrogen-bond acceptors (Lipinski definition) is 7. The van der Waals surface area contributed by atoms with E-state index in [0.29, 0.717) is 23.7 Å². The van der Waals surface area contributed by atoms with Gasteiger partial charge >= 0.3 is 6.01 Å². The summed E-state index contributed by atoms with van der Waals surface area (Å²) in [6.07, 6.45) is 4.34. The molecule has 19 heavy (non-hydrogen) atoms. The van der Waals surface area contributed by atoms with Crippen LogP contribution in [0.1, 0.15) is 20.3 Å². The first-order valence-electron chi connectivity index (χ1n) is 6.11. The number of rotatable bonds is 7. The van der Waals surface area contributed by atoms with Crippen LogP contribution in [0.5, 0.6) is 6.01 Å². The molecule has 0 saturated carbocycles. The smallest absolute Gasteiger partial charge is 0.322 e. The number of nitrogens with one attached hydrogen (secondary N) is 2. The fourth-order valence-corrected chi connectivity index (χ4v) is 1.94. The van der Waals surface area contributed by atoms with Gasteiger partial charge in [-0.1, -0.05) is 6.92 Å². The predicted molar refractivity (Wildman–Crippen MR) is 72.5 cm³/mol. The van der Waals surface area contributed by atoms with E-state index in [1.54, 1.807) is 12.4 Å². The average molecular weight is 280 g/mol. The van der Waals surface area contributed by atoms with Crippen LogP contribution >= 0.6 is 11.8 Å². The molecule has 102 valence electrons. The van der Waals surface area contributed by atoms with E-state index in [9.17, 15) is 0 Å². The van der Waals surface area contributed by atoms with E-state index in [1.807, 2.05) is 13.8 Å². The van der Waals surface area contributed by atoms with Crippen molar-refractivity contribution in [2.45, 2.75) is 30.6 Å². The summed E-state index contributed by atoms with van der Waals surface area (Å²) in [6.45, 7) is 5.34. The average Bonchev–Trinajstić information content (AvgIpc) is 2.89. The van der Waals surface area contributed by atoms with Crippen LogP contribution in [-0.4, -0.2) is 38.1 Å². The Morgan fingerprint density at radius 2 is 2.21 bits per heavy atom. The van der Waals surface area contributed by atoms with E-state index in [2.05, 4.69) is 30.2 Å². The van der Waals surface area contributed by atoms with E-state index in [-0.39, 0.29) is 0 Å². The number of nitrogens with zero attached hydrogens (tertiary/aromatic N) is 4. The Balaban J connectivity index is 2.17. The molecule has 0 spiro atoms. The lowest BCUT2D eigenvalue weighted by atomic mass is 10.5. The second-order valence-electron chi connectivity index (χ2n) is 3.60. The fourth-order valence-electron chi connectivity index (χ4n) is 1.27. The zero-order valence-electron chi connectivity index (χ0n) is 10.9. The summed E-state index contributed by atoms with van der Waals surface area (Å²) in [7, 11) is 0. The molecule has 0 aliphatic carbocycles. The number of H-pyrrole nitrogens is 1. The van der Waals surface area contributed by atoms with Crippen LogP contribution in [0, 0.1) is 0 Å². The fraction of sp³-hybridized carbons (Fsp3) is 0.455. The highest BCUT2D eigenvalue weighted by atomic mass is 32.2. The molecule has 0 radical (unpaired) electrons. The van der Waals surface area contributed by atoms with Crippen LogP contribution in [0.25, 0.3) is 0 Å². The van der Waals surface area contributed by atoms with Gasteiger partial charge in [-0.05, 0) is 25.1 Å². The van der Waals surface area contributed by atoms with Gasteiger partial charge in [0.1, 0.15) is 0 Å². The van der Waals surface area contributed by atoms with Crippen LogP contribution in [-0.2, 0) is 0 Å². The summed E-state index contributed by atoms with van der Waals surface area (Å²) in [5.41, 5.74) is 0. The van der Waals surface area contributed by atoms with E-state index < -0.39 is 0 Å². The van der Waals surface area contributed by atoms with E-state index >= 15 is 0 Å². The first-order valence-corrected chi connectivity index (χ1v) is 6.93. The summed E-state index contributed by atoms with van der Waals surface area (Å²) < 4.78 is 5.46. The summed E-state index contributed by atoms with van der Waals surface area (Å²) >= 11 is 1.33. The molecular formula is C11H16N6OS. The second kappa shape index (κ2) is 6.93. The molecule has 0 aromatic carbocycles. The lowest BCUT2D eigenvalue weighted by Gasteiger charge is -2.07. The van der Waals surface area contributed by atoms with Crippen LogP contribution in [0.2, 0.25) is 0 Å². The zero-order valence-corrected chi connectivity index (χ0v) is 11.7. The number of hydrogen-bond donors (Lipinski definition) is 2. The van der Waals surface area contributed by atoms with Crippen molar-refractivity contribution in [2.24, 2.45) is 0 Å². The number of ether oxygens (including phenoxy) is 1. The maximum absolute atomic E-state index is 5.46. The van der Waals surface area contributed by atoms with Crippen molar-refractivity contribution in [2.75, 3.05) is 18.5 Å². The van der Waals surface area contributed by atoms with Gasteiger partial charge in [0.25, 0.3) is 0 Å². The van der Waals surface area contributed by atoms with Crippen LogP contribution < -0.4 is 10.1 Å². The highest BCUT2D eigenvalue weighted by molar-refractivity contribution is 7.99. The van der Waals surface area contributed by atoms with Gasteiger partial charge in [-0.25, -0.2) is 4.98 Å². The molecule has 2 aromatic heterocycles. The Labute approximate surface area is 115 Å². The third kappa shape index (κ3) is 4.09. The molecule has 7 nitrogen and oxygen atoms in total. The van der Waals surface area contributed by atoms with Gasteiger partial charge in [0, 0.05) is 18.9 Å². The van der Waals surface area contributed by atoms with Gasteiger partial charge in [0.2, 0.25) is 11.1 Å². The third-order valence-corrected chi connectivity index (χ3v) is 2.81.